The van der Waals surface area contributed by atoms with Gasteiger partial charge in [0.1, 0.15) is 5.84 Å². The van der Waals surface area contributed by atoms with Crippen LogP contribution in [0.5, 0.6) is 0 Å². The average molecular weight is 273 g/mol. The summed E-state index contributed by atoms with van der Waals surface area (Å²) in [4.78, 5) is 0. The predicted octanol–water partition coefficient (Wildman–Crippen LogP) is 1.44. The van der Waals surface area contributed by atoms with Gasteiger partial charge >= 0.3 is 0 Å². The zero-order chi connectivity index (χ0) is 13.2. The van der Waals surface area contributed by atoms with E-state index in [9.17, 15) is 8.42 Å². The van der Waals surface area contributed by atoms with Crippen LogP contribution in [0.25, 0.3) is 0 Å². The maximum Gasteiger partial charge on any atom is 0.217 e. The van der Waals surface area contributed by atoms with Crippen LogP contribution in [0.3, 0.4) is 0 Å². The van der Waals surface area contributed by atoms with Gasteiger partial charge in [-0.05, 0) is 25.7 Å². The second kappa shape index (κ2) is 5.57. The minimum absolute atomic E-state index is 0.00548. The van der Waals surface area contributed by atoms with Crippen molar-refractivity contribution in [2.24, 2.45) is 5.73 Å². The number of amidine groups is 1. The summed E-state index contributed by atoms with van der Waals surface area (Å²) in [6.45, 7) is 0.531. The van der Waals surface area contributed by atoms with E-state index in [1.54, 1.807) is 0 Å². The molecule has 1 aliphatic heterocycles. The normalized spacial score (nSPS) is 28.1. The van der Waals surface area contributed by atoms with E-state index in [-0.39, 0.29) is 11.1 Å². The molecule has 0 amide bonds. The molecule has 3 N–H and O–H groups in total. The molecule has 2 fully saturated rings. The number of hydrogen-bond donors (Lipinski definition) is 2. The summed E-state index contributed by atoms with van der Waals surface area (Å²) >= 11 is 0. The Labute approximate surface area is 109 Å². The van der Waals surface area contributed by atoms with Crippen molar-refractivity contribution in [3.63, 3.8) is 0 Å². The highest BCUT2D eigenvalue weighted by Gasteiger charge is 2.39. The van der Waals surface area contributed by atoms with Gasteiger partial charge < -0.3 is 5.73 Å². The second-order valence-electron chi connectivity index (χ2n) is 5.38. The SMILES string of the molecule is N=C(N)C1CCCCN1S(=O)(=O)C1CCCCC1. The summed E-state index contributed by atoms with van der Waals surface area (Å²) < 4.78 is 26.8. The van der Waals surface area contributed by atoms with Gasteiger partial charge in [-0.1, -0.05) is 25.7 Å². The van der Waals surface area contributed by atoms with Gasteiger partial charge in [-0.15, -0.1) is 0 Å². The lowest BCUT2D eigenvalue weighted by Gasteiger charge is -2.37. The van der Waals surface area contributed by atoms with Gasteiger partial charge in [0.25, 0.3) is 0 Å². The molecule has 5 nitrogen and oxygen atoms in total. The molecule has 0 aromatic carbocycles. The first-order chi connectivity index (χ1) is 8.53. The van der Waals surface area contributed by atoms with E-state index in [2.05, 4.69) is 0 Å². The van der Waals surface area contributed by atoms with Crippen LogP contribution >= 0.6 is 0 Å². The summed E-state index contributed by atoms with van der Waals surface area (Å²) in [5.41, 5.74) is 5.56. The Morgan fingerprint density at radius 2 is 1.67 bits per heavy atom. The third-order valence-electron chi connectivity index (χ3n) is 4.11. The monoisotopic (exact) mass is 273 g/mol. The molecule has 1 aliphatic carbocycles. The van der Waals surface area contributed by atoms with Crippen molar-refractivity contribution in [3.8, 4) is 0 Å². The standard InChI is InChI=1S/C12H23N3O2S/c13-12(14)11-8-4-5-9-15(11)18(16,17)10-6-2-1-3-7-10/h10-11H,1-9H2,(H3,13,14). The van der Waals surface area contributed by atoms with E-state index < -0.39 is 16.1 Å². The van der Waals surface area contributed by atoms with Gasteiger partial charge in [0.2, 0.25) is 10.0 Å². The first-order valence-corrected chi connectivity index (χ1v) is 8.38. The zero-order valence-corrected chi connectivity index (χ0v) is 11.6. The Morgan fingerprint density at radius 1 is 1.06 bits per heavy atom. The van der Waals surface area contributed by atoms with Gasteiger partial charge in [-0.2, -0.15) is 4.31 Å². The van der Waals surface area contributed by atoms with Crippen LogP contribution in [0.1, 0.15) is 51.4 Å². The van der Waals surface area contributed by atoms with E-state index in [1.807, 2.05) is 0 Å². The maximum atomic E-state index is 12.6. The van der Waals surface area contributed by atoms with E-state index in [4.69, 9.17) is 11.1 Å². The van der Waals surface area contributed by atoms with Crippen molar-refractivity contribution in [3.05, 3.63) is 0 Å². The third kappa shape index (κ3) is 2.69. The van der Waals surface area contributed by atoms with Crippen LogP contribution in [-0.4, -0.2) is 36.4 Å². The molecule has 18 heavy (non-hydrogen) atoms. The number of nitrogens with zero attached hydrogens (tertiary/aromatic N) is 1. The molecule has 1 saturated heterocycles. The molecule has 0 aromatic heterocycles. The van der Waals surface area contributed by atoms with Gasteiger partial charge in [0.05, 0.1) is 11.3 Å². The highest BCUT2D eigenvalue weighted by atomic mass is 32.2. The first kappa shape index (κ1) is 13.8. The molecule has 0 spiro atoms. The first-order valence-electron chi connectivity index (χ1n) is 6.88. The van der Waals surface area contributed by atoms with Crippen molar-refractivity contribution < 1.29 is 8.42 Å². The summed E-state index contributed by atoms with van der Waals surface area (Å²) in [6.07, 6.45) is 7.22. The number of sulfonamides is 1. The number of piperidine rings is 1. The molecule has 0 aromatic rings. The van der Waals surface area contributed by atoms with Crippen LogP contribution in [0.2, 0.25) is 0 Å². The van der Waals surface area contributed by atoms with Crippen molar-refractivity contribution in [2.75, 3.05) is 6.54 Å². The lowest BCUT2D eigenvalue weighted by molar-refractivity contribution is 0.295. The third-order valence-corrected chi connectivity index (χ3v) is 6.52. The zero-order valence-electron chi connectivity index (χ0n) is 10.8. The Hall–Kier alpha value is -0.620. The van der Waals surface area contributed by atoms with E-state index in [0.29, 0.717) is 13.0 Å². The van der Waals surface area contributed by atoms with Gasteiger partial charge in [-0.3, -0.25) is 5.41 Å². The lowest BCUT2D eigenvalue weighted by Crippen LogP contribution is -2.53. The Kier molecular flexibility index (Phi) is 4.27. The summed E-state index contributed by atoms with van der Waals surface area (Å²) in [5.74, 6) is -0.00548. The summed E-state index contributed by atoms with van der Waals surface area (Å²) in [6, 6.07) is -0.398. The number of nitrogens with one attached hydrogen (secondary N) is 1. The summed E-state index contributed by atoms with van der Waals surface area (Å²) in [5, 5.41) is 7.34. The topological polar surface area (TPSA) is 87.2 Å². The molecule has 1 heterocycles. The van der Waals surface area contributed by atoms with Gasteiger partial charge in [0, 0.05) is 6.54 Å². The molecule has 104 valence electrons. The minimum Gasteiger partial charge on any atom is -0.386 e. The molecule has 1 saturated carbocycles. The van der Waals surface area contributed by atoms with Crippen LogP contribution in [0.15, 0.2) is 0 Å². The summed E-state index contributed by atoms with van der Waals surface area (Å²) in [7, 11) is -3.27. The Morgan fingerprint density at radius 3 is 2.28 bits per heavy atom. The molecule has 2 aliphatic rings. The second-order valence-corrected chi connectivity index (χ2v) is 7.55. The van der Waals surface area contributed by atoms with Crippen molar-refractivity contribution in [1.29, 1.82) is 5.41 Å². The molecule has 0 radical (unpaired) electrons. The van der Waals surface area contributed by atoms with Crippen LogP contribution in [-0.2, 0) is 10.0 Å². The van der Waals surface area contributed by atoms with Crippen LogP contribution in [0.4, 0.5) is 0 Å². The predicted molar refractivity (Wildman–Crippen MR) is 72.1 cm³/mol. The van der Waals surface area contributed by atoms with Gasteiger partial charge in [-0.25, -0.2) is 8.42 Å². The molecular weight excluding hydrogens is 250 g/mol. The molecule has 0 bridgehead atoms. The Bertz CT molecular complexity index is 402. The highest BCUT2D eigenvalue weighted by Crippen LogP contribution is 2.30. The van der Waals surface area contributed by atoms with E-state index in [0.717, 1.165) is 44.9 Å². The van der Waals surface area contributed by atoms with Crippen molar-refractivity contribution in [2.45, 2.75) is 62.7 Å². The number of rotatable bonds is 3. The number of nitrogens with two attached hydrogens (primary N) is 1. The van der Waals surface area contributed by atoms with E-state index in [1.165, 1.54) is 4.31 Å². The smallest absolute Gasteiger partial charge is 0.217 e. The number of hydrogen-bond acceptors (Lipinski definition) is 3. The average Bonchev–Trinajstić information content (AvgIpc) is 2.39. The fourth-order valence-corrected chi connectivity index (χ4v) is 5.34. The molecule has 2 rings (SSSR count). The van der Waals surface area contributed by atoms with Crippen LogP contribution < -0.4 is 5.73 Å². The lowest BCUT2D eigenvalue weighted by atomic mass is 10.0. The van der Waals surface area contributed by atoms with Crippen LogP contribution in [0, 0.1) is 5.41 Å². The Balaban J connectivity index is 2.18. The maximum absolute atomic E-state index is 12.6. The van der Waals surface area contributed by atoms with Gasteiger partial charge in [0.15, 0.2) is 0 Å². The van der Waals surface area contributed by atoms with Crippen molar-refractivity contribution in [1.82, 2.24) is 4.31 Å². The highest BCUT2D eigenvalue weighted by molar-refractivity contribution is 7.89. The largest absolute Gasteiger partial charge is 0.386 e. The molecular formula is C12H23N3O2S. The minimum atomic E-state index is -3.27. The molecule has 6 heteroatoms. The molecule has 1 unspecified atom stereocenters. The molecule has 1 atom stereocenters. The van der Waals surface area contributed by atoms with E-state index >= 15 is 0 Å². The fraction of sp³-hybridized carbons (Fsp3) is 0.917. The fourth-order valence-electron chi connectivity index (χ4n) is 3.07. The van der Waals surface area contributed by atoms with Crippen molar-refractivity contribution >= 4 is 15.9 Å². The quantitative estimate of drug-likeness (QED) is 0.602.